The maximum Gasteiger partial charge on any atom is 0.323 e. The normalized spacial score (nSPS) is 21.0. The number of aliphatic hydroxyl groups excluding tert-OH is 1. The van der Waals surface area contributed by atoms with Crippen LogP contribution in [0.4, 0.5) is 16.2 Å². The van der Waals surface area contributed by atoms with Crippen molar-refractivity contribution in [2.75, 3.05) is 43.4 Å². The van der Waals surface area contributed by atoms with Crippen LogP contribution in [0.25, 0.3) is 0 Å². The summed E-state index contributed by atoms with van der Waals surface area (Å²) in [4.78, 5) is 18.0. The Hall–Kier alpha value is -5.03. The lowest BCUT2D eigenvalue weighted by atomic mass is 9.90. The quantitative estimate of drug-likeness (QED) is 0.128. The summed E-state index contributed by atoms with van der Waals surface area (Å²) in [6, 6.07) is 42.7. The molecule has 268 valence electrons. The molecule has 0 spiro atoms. The SMILES string of the molecule is CC1C(CN2CCN(Cc3ccccc3)CC2)OC(c2cccc(NC(=O)Nc3ccc(Oc4ccccc4)cc3)c2)OC1c1ccc(CO)cc1. The zero-order chi connectivity index (χ0) is 35.7. The van der Waals surface area contributed by atoms with E-state index in [4.69, 9.17) is 14.2 Å². The van der Waals surface area contributed by atoms with Gasteiger partial charge in [0.1, 0.15) is 11.5 Å². The van der Waals surface area contributed by atoms with Crippen molar-refractivity contribution in [3.8, 4) is 11.5 Å². The van der Waals surface area contributed by atoms with Crippen LogP contribution in [0.15, 0.2) is 133 Å². The molecular formula is C43H46N4O5. The number of para-hydroxylation sites is 1. The molecule has 2 amide bonds. The summed E-state index contributed by atoms with van der Waals surface area (Å²) in [5, 5.41) is 15.5. The smallest absolute Gasteiger partial charge is 0.323 e. The Kier molecular flexibility index (Phi) is 11.6. The number of rotatable bonds is 11. The molecule has 0 saturated carbocycles. The van der Waals surface area contributed by atoms with Crippen molar-refractivity contribution >= 4 is 17.4 Å². The van der Waals surface area contributed by atoms with Gasteiger partial charge in [-0.1, -0.05) is 91.9 Å². The van der Waals surface area contributed by atoms with Crippen molar-refractivity contribution in [3.63, 3.8) is 0 Å². The highest BCUT2D eigenvalue weighted by Crippen LogP contribution is 2.42. The molecule has 52 heavy (non-hydrogen) atoms. The summed E-state index contributed by atoms with van der Waals surface area (Å²) in [7, 11) is 0. The van der Waals surface area contributed by atoms with Gasteiger partial charge in [0.05, 0.1) is 18.8 Å². The van der Waals surface area contributed by atoms with Gasteiger partial charge < -0.3 is 30.0 Å². The van der Waals surface area contributed by atoms with Crippen molar-refractivity contribution in [2.24, 2.45) is 5.92 Å². The average molecular weight is 699 g/mol. The predicted molar refractivity (Wildman–Crippen MR) is 203 cm³/mol. The second kappa shape index (κ2) is 17.0. The third-order valence-electron chi connectivity index (χ3n) is 9.78. The first kappa shape index (κ1) is 35.4. The van der Waals surface area contributed by atoms with Crippen LogP contribution in [0.5, 0.6) is 11.5 Å². The van der Waals surface area contributed by atoms with Crippen LogP contribution in [-0.4, -0.2) is 59.8 Å². The molecule has 4 unspecified atom stereocenters. The number of ether oxygens (including phenoxy) is 3. The van der Waals surface area contributed by atoms with Gasteiger partial charge in [0.2, 0.25) is 0 Å². The van der Waals surface area contributed by atoms with Crippen molar-refractivity contribution in [1.29, 1.82) is 0 Å². The minimum atomic E-state index is -0.634. The molecule has 0 aromatic heterocycles. The van der Waals surface area contributed by atoms with Crippen LogP contribution in [0, 0.1) is 5.92 Å². The van der Waals surface area contributed by atoms with E-state index in [-0.39, 0.29) is 30.8 Å². The van der Waals surface area contributed by atoms with Gasteiger partial charge in [-0.05, 0) is 65.2 Å². The number of hydrogen-bond acceptors (Lipinski definition) is 7. The number of amides is 2. The van der Waals surface area contributed by atoms with Gasteiger partial charge in [-0.2, -0.15) is 0 Å². The van der Waals surface area contributed by atoms with E-state index in [0.29, 0.717) is 17.1 Å². The summed E-state index contributed by atoms with van der Waals surface area (Å²) in [6.45, 7) is 7.89. The number of piperazine rings is 1. The van der Waals surface area contributed by atoms with Crippen molar-refractivity contribution in [1.82, 2.24) is 9.80 Å². The number of aliphatic hydroxyl groups is 1. The van der Waals surface area contributed by atoms with Crippen LogP contribution >= 0.6 is 0 Å². The van der Waals surface area contributed by atoms with Crippen LogP contribution in [0.2, 0.25) is 0 Å². The first-order valence-corrected chi connectivity index (χ1v) is 18.0. The number of hydrogen-bond donors (Lipinski definition) is 3. The fourth-order valence-electron chi connectivity index (χ4n) is 6.84. The third kappa shape index (κ3) is 9.25. The van der Waals surface area contributed by atoms with Gasteiger partial charge in [-0.15, -0.1) is 0 Å². The van der Waals surface area contributed by atoms with Gasteiger partial charge in [-0.25, -0.2) is 4.79 Å². The molecule has 9 nitrogen and oxygen atoms in total. The number of carbonyl (C=O) groups excluding carboxylic acids is 1. The highest BCUT2D eigenvalue weighted by Gasteiger charge is 2.39. The number of nitrogens with zero attached hydrogens (tertiary/aromatic N) is 2. The molecule has 3 N–H and O–H groups in total. The van der Waals surface area contributed by atoms with Gasteiger partial charge in [0.15, 0.2) is 6.29 Å². The summed E-state index contributed by atoms with van der Waals surface area (Å²) in [5.74, 6) is 1.50. The Morgan fingerprint density at radius 3 is 2.06 bits per heavy atom. The number of urea groups is 1. The largest absolute Gasteiger partial charge is 0.457 e. The lowest BCUT2D eigenvalue weighted by molar-refractivity contribution is -0.276. The minimum Gasteiger partial charge on any atom is -0.457 e. The lowest BCUT2D eigenvalue weighted by Crippen LogP contribution is -2.51. The third-order valence-corrected chi connectivity index (χ3v) is 9.78. The van der Waals surface area contributed by atoms with E-state index in [9.17, 15) is 9.90 Å². The number of anilines is 2. The molecule has 4 atom stereocenters. The Balaban J connectivity index is 1.01. The lowest BCUT2D eigenvalue weighted by Gasteiger charge is -2.44. The maximum atomic E-state index is 13.0. The van der Waals surface area contributed by atoms with Crippen molar-refractivity contribution in [2.45, 2.75) is 38.6 Å². The fourth-order valence-corrected chi connectivity index (χ4v) is 6.84. The van der Waals surface area contributed by atoms with E-state index < -0.39 is 6.29 Å². The Morgan fingerprint density at radius 2 is 1.35 bits per heavy atom. The molecule has 2 saturated heterocycles. The van der Waals surface area contributed by atoms with E-state index >= 15 is 0 Å². The number of nitrogens with one attached hydrogen (secondary N) is 2. The molecule has 2 fully saturated rings. The van der Waals surface area contributed by atoms with E-state index in [1.54, 1.807) is 12.1 Å². The average Bonchev–Trinajstić information content (AvgIpc) is 3.18. The standard InChI is InChI=1S/C43H46N4O5/c1-31-40(29-47-25-23-46(24-26-47)28-32-9-4-2-5-10-32)51-42(52-41(31)34-17-15-33(30-48)16-18-34)35-11-8-12-37(27-35)45-43(49)44-36-19-21-39(22-20-36)50-38-13-6-3-7-14-38/h2-22,27,31,40-42,48H,23-26,28-30H2,1H3,(H2,44,45,49). The van der Waals surface area contributed by atoms with Gasteiger partial charge in [-0.3, -0.25) is 9.80 Å². The molecule has 5 aromatic rings. The highest BCUT2D eigenvalue weighted by atomic mass is 16.7. The number of benzene rings is 5. The van der Waals surface area contributed by atoms with Gasteiger partial charge in [0.25, 0.3) is 0 Å². The molecular weight excluding hydrogens is 652 g/mol. The fraction of sp³-hybridized carbons (Fsp3) is 0.279. The van der Waals surface area contributed by atoms with E-state index in [1.165, 1.54) is 5.56 Å². The van der Waals surface area contributed by atoms with Crippen LogP contribution < -0.4 is 15.4 Å². The van der Waals surface area contributed by atoms with Crippen LogP contribution in [0.3, 0.4) is 0 Å². The molecule has 9 heteroatoms. The molecule has 2 heterocycles. The summed E-state index contributed by atoms with van der Waals surface area (Å²) in [5.41, 5.74) is 5.33. The summed E-state index contributed by atoms with van der Waals surface area (Å²) < 4.78 is 19.3. The zero-order valence-corrected chi connectivity index (χ0v) is 29.4. The monoisotopic (exact) mass is 698 g/mol. The van der Waals surface area contributed by atoms with E-state index in [1.807, 2.05) is 91.0 Å². The van der Waals surface area contributed by atoms with Gasteiger partial charge >= 0.3 is 6.03 Å². The predicted octanol–water partition coefficient (Wildman–Crippen LogP) is 8.22. The first-order valence-electron chi connectivity index (χ1n) is 18.0. The van der Waals surface area contributed by atoms with Crippen LogP contribution in [-0.2, 0) is 22.6 Å². The Bertz CT molecular complexity index is 1870. The first-order chi connectivity index (χ1) is 25.5. The molecule has 0 aliphatic carbocycles. The molecule has 0 radical (unpaired) electrons. The second-order valence-corrected chi connectivity index (χ2v) is 13.5. The topological polar surface area (TPSA) is 95.5 Å². The van der Waals surface area contributed by atoms with E-state index in [0.717, 1.165) is 61.7 Å². The molecule has 2 aliphatic heterocycles. The van der Waals surface area contributed by atoms with Gasteiger partial charge in [0, 0.05) is 62.1 Å². The molecule has 2 aliphatic rings. The second-order valence-electron chi connectivity index (χ2n) is 13.5. The zero-order valence-electron chi connectivity index (χ0n) is 29.4. The molecule has 5 aromatic carbocycles. The van der Waals surface area contributed by atoms with E-state index in [2.05, 4.69) is 57.7 Å². The highest BCUT2D eigenvalue weighted by molar-refractivity contribution is 5.99. The number of carbonyl (C=O) groups is 1. The summed E-state index contributed by atoms with van der Waals surface area (Å²) in [6.07, 6.45) is -0.939. The maximum absolute atomic E-state index is 13.0. The van der Waals surface area contributed by atoms with Crippen molar-refractivity contribution in [3.05, 3.63) is 156 Å². The van der Waals surface area contributed by atoms with Crippen molar-refractivity contribution < 1.29 is 24.1 Å². The Morgan fingerprint density at radius 1 is 0.692 bits per heavy atom. The minimum absolute atomic E-state index is 0.00662. The molecule has 7 rings (SSSR count). The molecule has 0 bridgehead atoms. The van der Waals surface area contributed by atoms with Crippen LogP contribution in [0.1, 0.15) is 41.6 Å². The summed E-state index contributed by atoms with van der Waals surface area (Å²) >= 11 is 0. The Labute approximate surface area is 305 Å².